The summed E-state index contributed by atoms with van der Waals surface area (Å²) in [6, 6.07) is 6.46. The highest BCUT2D eigenvalue weighted by molar-refractivity contribution is 5.95. The Morgan fingerprint density at radius 3 is 2.42 bits per heavy atom. The molecule has 0 fully saturated rings. The lowest BCUT2D eigenvalue weighted by Gasteiger charge is -2.16. The number of nitrogens with one attached hydrogen (secondary N) is 5. The highest BCUT2D eigenvalue weighted by atomic mass is 16.6. The second-order valence-electron chi connectivity index (χ2n) is 7.60. The van der Waals surface area contributed by atoms with Gasteiger partial charge in [-0.25, -0.2) is 5.48 Å². The van der Waals surface area contributed by atoms with Gasteiger partial charge in [-0.15, -0.1) is 0 Å². The van der Waals surface area contributed by atoms with Crippen molar-refractivity contribution in [3.63, 3.8) is 0 Å². The van der Waals surface area contributed by atoms with Crippen LogP contribution in [0.2, 0.25) is 0 Å². The maximum absolute atomic E-state index is 12.4. The molecule has 184 valence electrons. The van der Waals surface area contributed by atoms with Gasteiger partial charge in [-0.1, -0.05) is 25.5 Å². The molecule has 1 aromatic rings. The SMILES string of the molecule is CCC(=O)NCCCCCC(=O)NOCc1ccc(NC(=O)C(CCCNC)NC=O)cc1. The summed E-state index contributed by atoms with van der Waals surface area (Å²) in [6.45, 7) is 3.40. The van der Waals surface area contributed by atoms with Crippen molar-refractivity contribution in [2.45, 2.75) is 64.5 Å². The van der Waals surface area contributed by atoms with Crippen LogP contribution < -0.4 is 26.7 Å². The monoisotopic (exact) mass is 463 g/mol. The molecule has 0 bridgehead atoms. The first-order valence-electron chi connectivity index (χ1n) is 11.4. The van der Waals surface area contributed by atoms with Crippen molar-refractivity contribution in [1.29, 1.82) is 0 Å². The van der Waals surface area contributed by atoms with Gasteiger partial charge in [0.05, 0.1) is 6.61 Å². The molecule has 1 atom stereocenters. The lowest BCUT2D eigenvalue weighted by molar-refractivity contribution is -0.134. The Hall–Kier alpha value is -2.98. The average molecular weight is 464 g/mol. The highest BCUT2D eigenvalue weighted by Crippen LogP contribution is 2.11. The van der Waals surface area contributed by atoms with E-state index in [2.05, 4.69) is 26.7 Å². The van der Waals surface area contributed by atoms with Crippen LogP contribution in [-0.4, -0.2) is 50.3 Å². The third kappa shape index (κ3) is 13.2. The average Bonchev–Trinajstić information content (AvgIpc) is 2.81. The minimum Gasteiger partial charge on any atom is -0.356 e. The van der Waals surface area contributed by atoms with Crippen molar-refractivity contribution in [2.75, 3.05) is 25.5 Å². The molecule has 0 aliphatic heterocycles. The van der Waals surface area contributed by atoms with E-state index in [0.29, 0.717) is 37.9 Å². The molecule has 1 unspecified atom stereocenters. The summed E-state index contributed by atoms with van der Waals surface area (Å²) in [5.41, 5.74) is 3.86. The van der Waals surface area contributed by atoms with Gasteiger partial charge in [-0.2, -0.15) is 0 Å². The van der Waals surface area contributed by atoms with Gasteiger partial charge in [0.2, 0.25) is 24.1 Å². The van der Waals surface area contributed by atoms with Gasteiger partial charge < -0.3 is 21.3 Å². The number of hydroxylamine groups is 1. The smallest absolute Gasteiger partial charge is 0.246 e. The number of unbranched alkanes of at least 4 members (excludes halogenated alkanes) is 2. The summed E-state index contributed by atoms with van der Waals surface area (Å²) in [6.07, 6.45) is 5.07. The largest absolute Gasteiger partial charge is 0.356 e. The Kier molecular flexibility index (Phi) is 14.9. The molecule has 0 aromatic heterocycles. The molecule has 5 N–H and O–H groups in total. The summed E-state index contributed by atoms with van der Waals surface area (Å²) in [5.74, 6) is -0.429. The van der Waals surface area contributed by atoms with Gasteiger partial charge in [0.1, 0.15) is 6.04 Å². The molecule has 0 saturated heterocycles. The number of carbonyl (C=O) groups excluding carboxylic acids is 4. The van der Waals surface area contributed by atoms with Crippen LogP contribution in [0, 0.1) is 0 Å². The van der Waals surface area contributed by atoms with Crippen LogP contribution in [0.3, 0.4) is 0 Å². The van der Waals surface area contributed by atoms with Crippen LogP contribution >= 0.6 is 0 Å². The molecule has 0 spiro atoms. The number of carbonyl (C=O) groups is 4. The van der Waals surface area contributed by atoms with Gasteiger partial charge >= 0.3 is 0 Å². The lowest BCUT2D eigenvalue weighted by Crippen LogP contribution is -2.40. The van der Waals surface area contributed by atoms with Crippen molar-refractivity contribution in [3.05, 3.63) is 29.8 Å². The molecule has 33 heavy (non-hydrogen) atoms. The highest BCUT2D eigenvalue weighted by Gasteiger charge is 2.17. The molecule has 10 nitrogen and oxygen atoms in total. The van der Waals surface area contributed by atoms with E-state index in [1.807, 2.05) is 14.0 Å². The van der Waals surface area contributed by atoms with Gasteiger partial charge in [0.25, 0.3) is 0 Å². The summed E-state index contributed by atoms with van der Waals surface area (Å²) in [7, 11) is 1.83. The zero-order valence-electron chi connectivity index (χ0n) is 19.6. The lowest BCUT2D eigenvalue weighted by atomic mass is 10.1. The molecule has 1 rings (SSSR count). The number of hydrogen-bond acceptors (Lipinski definition) is 6. The third-order valence-electron chi connectivity index (χ3n) is 4.88. The van der Waals surface area contributed by atoms with Crippen LogP contribution in [0.15, 0.2) is 24.3 Å². The second kappa shape index (κ2) is 17.6. The van der Waals surface area contributed by atoms with E-state index in [0.717, 1.165) is 37.8 Å². The van der Waals surface area contributed by atoms with Crippen LogP contribution in [0.1, 0.15) is 57.4 Å². The van der Waals surface area contributed by atoms with Gasteiger partial charge in [-0.05, 0) is 57.0 Å². The van der Waals surface area contributed by atoms with E-state index in [1.54, 1.807) is 24.3 Å². The van der Waals surface area contributed by atoms with E-state index in [4.69, 9.17) is 4.84 Å². The quantitative estimate of drug-likeness (QED) is 0.127. The number of benzene rings is 1. The number of hydrogen-bond donors (Lipinski definition) is 5. The Labute approximate surface area is 195 Å². The first kappa shape index (κ1) is 28.1. The molecule has 0 heterocycles. The predicted octanol–water partition coefficient (Wildman–Crippen LogP) is 1.37. The van der Waals surface area contributed by atoms with E-state index < -0.39 is 6.04 Å². The summed E-state index contributed by atoms with van der Waals surface area (Å²) >= 11 is 0. The molecular formula is C23H37N5O5. The number of amides is 4. The van der Waals surface area contributed by atoms with Crippen LogP contribution in [0.5, 0.6) is 0 Å². The molecule has 0 aliphatic carbocycles. The Balaban J connectivity index is 2.26. The second-order valence-corrected chi connectivity index (χ2v) is 7.60. The van der Waals surface area contributed by atoms with Crippen molar-refractivity contribution < 1.29 is 24.0 Å². The normalized spacial score (nSPS) is 11.3. The van der Waals surface area contributed by atoms with Crippen LogP contribution in [0.4, 0.5) is 5.69 Å². The Morgan fingerprint density at radius 1 is 1.00 bits per heavy atom. The van der Waals surface area contributed by atoms with Crippen LogP contribution in [0.25, 0.3) is 0 Å². The van der Waals surface area contributed by atoms with Gasteiger partial charge in [0, 0.05) is 25.1 Å². The molecule has 10 heteroatoms. The molecule has 1 aromatic carbocycles. The fourth-order valence-corrected chi connectivity index (χ4v) is 2.96. The summed E-state index contributed by atoms with van der Waals surface area (Å²) < 4.78 is 0. The van der Waals surface area contributed by atoms with E-state index >= 15 is 0 Å². The first-order chi connectivity index (χ1) is 16.0. The van der Waals surface area contributed by atoms with E-state index in [-0.39, 0.29) is 24.3 Å². The topological polar surface area (TPSA) is 138 Å². The van der Waals surface area contributed by atoms with E-state index in [1.165, 1.54) is 0 Å². The fraction of sp³-hybridized carbons (Fsp3) is 0.565. The minimum absolute atomic E-state index is 0.0378. The van der Waals surface area contributed by atoms with E-state index in [9.17, 15) is 19.2 Å². The number of rotatable bonds is 18. The maximum Gasteiger partial charge on any atom is 0.246 e. The van der Waals surface area contributed by atoms with Crippen molar-refractivity contribution in [3.8, 4) is 0 Å². The van der Waals surface area contributed by atoms with Crippen LogP contribution in [-0.2, 0) is 30.6 Å². The Morgan fingerprint density at radius 2 is 1.76 bits per heavy atom. The number of anilines is 1. The fourth-order valence-electron chi connectivity index (χ4n) is 2.96. The summed E-state index contributed by atoms with van der Waals surface area (Å²) in [4.78, 5) is 51.3. The first-order valence-corrected chi connectivity index (χ1v) is 11.4. The molecule has 0 saturated carbocycles. The zero-order valence-corrected chi connectivity index (χ0v) is 19.6. The van der Waals surface area contributed by atoms with Crippen molar-refractivity contribution >= 4 is 29.8 Å². The zero-order chi connectivity index (χ0) is 24.3. The minimum atomic E-state index is -0.593. The predicted molar refractivity (Wildman–Crippen MR) is 126 cm³/mol. The molecule has 0 radical (unpaired) electrons. The van der Waals surface area contributed by atoms with Gasteiger partial charge in [0.15, 0.2) is 0 Å². The molecule has 0 aliphatic rings. The third-order valence-corrected chi connectivity index (χ3v) is 4.88. The van der Waals surface area contributed by atoms with Crippen molar-refractivity contribution in [2.24, 2.45) is 0 Å². The molecule has 4 amide bonds. The molecular weight excluding hydrogens is 426 g/mol. The standard InChI is InChI=1S/C23H37N5O5/c1-3-21(30)25-15-6-4-5-9-22(31)28-33-16-18-10-12-19(13-11-18)27-23(32)20(26-17-29)8-7-14-24-2/h10-13,17,20,24H,3-9,14-16H2,1-2H3,(H,25,30)(H,26,29)(H,27,32)(H,28,31). The summed E-state index contributed by atoms with van der Waals surface area (Å²) in [5, 5.41) is 11.1. The maximum atomic E-state index is 12.4. The van der Waals surface area contributed by atoms with Crippen molar-refractivity contribution in [1.82, 2.24) is 21.4 Å². The van der Waals surface area contributed by atoms with Gasteiger partial charge in [-0.3, -0.25) is 24.0 Å². The Bertz CT molecular complexity index is 726.